The average molecular weight is 397 g/mol. The van der Waals surface area contributed by atoms with Crippen LogP contribution in [0.4, 0.5) is 10.9 Å². The lowest BCUT2D eigenvalue weighted by molar-refractivity contribution is 0.0936. The lowest BCUT2D eigenvalue weighted by Crippen LogP contribution is -2.37. The van der Waals surface area contributed by atoms with Crippen LogP contribution in [0.5, 0.6) is 0 Å². The fourth-order valence-corrected chi connectivity index (χ4v) is 4.99. The minimum absolute atomic E-state index is 0.0708. The number of aryl methyl sites for hydroxylation is 1. The Morgan fingerprint density at radius 3 is 2.93 bits per heavy atom. The number of nitrogens with zero attached hydrogens (tertiary/aromatic N) is 5. The standard InChI is InChI=1S/C20H24N6OS/c1-14-11-25-9-4-5-17(25)18(21-14)26-10-6-15(12-26)22-19(27)16-13-28-20(23-16)24-7-2-3-8-24/h4-5,9,11,13,15H,2-3,6-8,10,12H2,1H3,(H,22,27). The van der Waals surface area contributed by atoms with Crippen molar-refractivity contribution >= 4 is 33.7 Å². The molecule has 2 fully saturated rings. The van der Waals surface area contributed by atoms with E-state index in [1.807, 2.05) is 30.8 Å². The van der Waals surface area contributed by atoms with Crippen LogP contribution in [-0.4, -0.2) is 52.5 Å². The van der Waals surface area contributed by atoms with E-state index in [-0.39, 0.29) is 11.9 Å². The van der Waals surface area contributed by atoms with Crippen molar-refractivity contribution in [2.24, 2.45) is 0 Å². The highest BCUT2D eigenvalue weighted by Crippen LogP contribution is 2.26. The Hall–Kier alpha value is -2.61. The summed E-state index contributed by atoms with van der Waals surface area (Å²) in [5, 5.41) is 6.01. The smallest absolute Gasteiger partial charge is 0.271 e. The van der Waals surface area contributed by atoms with Crippen molar-refractivity contribution in [1.29, 1.82) is 0 Å². The minimum atomic E-state index is -0.0708. The van der Waals surface area contributed by atoms with Gasteiger partial charge in [0.1, 0.15) is 5.69 Å². The van der Waals surface area contributed by atoms with Gasteiger partial charge >= 0.3 is 0 Å². The number of thiazole rings is 1. The van der Waals surface area contributed by atoms with Gasteiger partial charge in [-0.15, -0.1) is 11.3 Å². The Morgan fingerprint density at radius 1 is 1.21 bits per heavy atom. The molecule has 0 aromatic carbocycles. The van der Waals surface area contributed by atoms with Gasteiger partial charge in [-0.05, 0) is 38.3 Å². The molecule has 1 N–H and O–H groups in total. The highest BCUT2D eigenvalue weighted by atomic mass is 32.1. The first-order valence-corrected chi connectivity index (χ1v) is 10.8. The summed E-state index contributed by atoms with van der Waals surface area (Å²) in [7, 11) is 0. The first-order chi connectivity index (χ1) is 13.7. The number of amides is 1. The third-order valence-corrected chi connectivity index (χ3v) is 6.44. The van der Waals surface area contributed by atoms with Crippen LogP contribution in [0.3, 0.4) is 0 Å². The van der Waals surface area contributed by atoms with Crippen LogP contribution in [0, 0.1) is 6.92 Å². The molecular formula is C20H24N6OS. The maximum absolute atomic E-state index is 12.7. The fourth-order valence-electron chi connectivity index (χ4n) is 4.14. The molecule has 8 heteroatoms. The van der Waals surface area contributed by atoms with Crippen LogP contribution in [0.25, 0.3) is 5.52 Å². The van der Waals surface area contributed by atoms with E-state index in [0.717, 1.165) is 54.8 Å². The summed E-state index contributed by atoms with van der Waals surface area (Å²) in [4.78, 5) is 26.5. The molecule has 1 unspecified atom stereocenters. The zero-order valence-corrected chi connectivity index (χ0v) is 16.8. The molecule has 3 aromatic heterocycles. The molecule has 2 aliphatic rings. The SMILES string of the molecule is Cc1cn2cccc2c(N2CCC(NC(=O)c3csc(N4CCCC4)n3)C2)n1. The maximum atomic E-state index is 12.7. The lowest BCUT2D eigenvalue weighted by atomic mass is 10.2. The van der Waals surface area contributed by atoms with E-state index in [4.69, 9.17) is 4.98 Å². The number of nitrogens with one attached hydrogen (secondary N) is 1. The van der Waals surface area contributed by atoms with E-state index in [0.29, 0.717) is 5.69 Å². The normalized spacial score (nSPS) is 19.7. The lowest BCUT2D eigenvalue weighted by Gasteiger charge is -2.19. The third kappa shape index (κ3) is 3.22. The van der Waals surface area contributed by atoms with Crippen molar-refractivity contribution in [2.75, 3.05) is 36.0 Å². The van der Waals surface area contributed by atoms with Gasteiger partial charge < -0.3 is 19.5 Å². The summed E-state index contributed by atoms with van der Waals surface area (Å²) in [6.45, 7) is 5.76. The molecule has 0 radical (unpaired) electrons. The summed E-state index contributed by atoms with van der Waals surface area (Å²) in [5.74, 6) is 0.922. The third-order valence-electron chi connectivity index (χ3n) is 5.54. The maximum Gasteiger partial charge on any atom is 0.271 e. The monoisotopic (exact) mass is 396 g/mol. The molecule has 5 heterocycles. The number of anilines is 2. The first kappa shape index (κ1) is 17.5. The molecule has 3 aromatic rings. The Morgan fingerprint density at radius 2 is 2.07 bits per heavy atom. The van der Waals surface area contributed by atoms with E-state index in [9.17, 15) is 4.79 Å². The summed E-state index contributed by atoms with van der Waals surface area (Å²) < 4.78 is 2.11. The number of carbonyl (C=O) groups excluding carboxylic acids is 1. The van der Waals surface area contributed by atoms with E-state index >= 15 is 0 Å². The minimum Gasteiger partial charge on any atom is -0.353 e. The number of aromatic nitrogens is 3. The first-order valence-electron chi connectivity index (χ1n) is 9.88. The largest absolute Gasteiger partial charge is 0.353 e. The van der Waals surface area contributed by atoms with Gasteiger partial charge in [0, 0.05) is 50.0 Å². The van der Waals surface area contributed by atoms with Crippen molar-refractivity contribution in [3.63, 3.8) is 0 Å². The highest BCUT2D eigenvalue weighted by molar-refractivity contribution is 7.13. The molecule has 2 aliphatic heterocycles. The molecule has 0 bridgehead atoms. The van der Waals surface area contributed by atoms with Crippen molar-refractivity contribution in [3.05, 3.63) is 41.3 Å². The predicted molar refractivity (Wildman–Crippen MR) is 112 cm³/mol. The van der Waals surface area contributed by atoms with Gasteiger partial charge in [0.05, 0.1) is 11.2 Å². The topological polar surface area (TPSA) is 65.8 Å². The van der Waals surface area contributed by atoms with Crippen molar-refractivity contribution < 1.29 is 4.79 Å². The van der Waals surface area contributed by atoms with Gasteiger partial charge in [-0.25, -0.2) is 9.97 Å². The van der Waals surface area contributed by atoms with E-state index in [1.54, 1.807) is 11.3 Å². The molecule has 2 saturated heterocycles. The summed E-state index contributed by atoms with van der Waals surface area (Å²) in [5.41, 5.74) is 2.63. The van der Waals surface area contributed by atoms with Crippen LogP contribution in [0.15, 0.2) is 29.9 Å². The van der Waals surface area contributed by atoms with Crippen LogP contribution >= 0.6 is 11.3 Å². The predicted octanol–water partition coefficient (Wildman–Crippen LogP) is 2.71. The zero-order chi connectivity index (χ0) is 19.1. The molecule has 0 spiro atoms. The van der Waals surface area contributed by atoms with Gasteiger partial charge in [-0.2, -0.15) is 0 Å². The Labute approximate surface area is 168 Å². The van der Waals surface area contributed by atoms with Gasteiger partial charge in [0.25, 0.3) is 5.91 Å². The van der Waals surface area contributed by atoms with Crippen LogP contribution < -0.4 is 15.1 Å². The zero-order valence-electron chi connectivity index (χ0n) is 16.0. The summed E-state index contributed by atoms with van der Waals surface area (Å²) >= 11 is 1.57. The molecule has 28 heavy (non-hydrogen) atoms. The van der Waals surface area contributed by atoms with Gasteiger partial charge in [-0.3, -0.25) is 4.79 Å². The molecular weight excluding hydrogens is 372 g/mol. The number of carbonyl (C=O) groups is 1. The van der Waals surface area contributed by atoms with E-state index in [1.165, 1.54) is 12.8 Å². The number of hydrogen-bond donors (Lipinski definition) is 1. The Bertz CT molecular complexity index is 1010. The molecule has 7 nitrogen and oxygen atoms in total. The molecule has 1 atom stereocenters. The quantitative estimate of drug-likeness (QED) is 0.735. The van der Waals surface area contributed by atoms with E-state index in [2.05, 4.69) is 30.6 Å². The molecule has 146 valence electrons. The second kappa shape index (κ2) is 7.09. The second-order valence-electron chi connectivity index (χ2n) is 7.62. The summed E-state index contributed by atoms with van der Waals surface area (Å²) in [6.07, 6.45) is 7.41. The van der Waals surface area contributed by atoms with Crippen molar-refractivity contribution in [2.45, 2.75) is 32.2 Å². The number of fused-ring (bicyclic) bond motifs is 1. The van der Waals surface area contributed by atoms with Crippen LogP contribution in [0.1, 0.15) is 35.4 Å². The highest BCUT2D eigenvalue weighted by Gasteiger charge is 2.27. The van der Waals surface area contributed by atoms with Gasteiger partial charge in [0.2, 0.25) is 0 Å². The second-order valence-corrected chi connectivity index (χ2v) is 8.46. The van der Waals surface area contributed by atoms with Crippen LogP contribution in [0.2, 0.25) is 0 Å². The fraction of sp³-hybridized carbons (Fsp3) is 0.450. The Balaban J connectivity index is 1.26. The average Bonchev–Trinajstić information content (AvgIpc) is 3.46. The van der Waals surface area contributed by atoms with Gasteiger partial charge in [0.15, 0.2) is 10.9 Å². The van der Waals surface area contributed by atoms with Crippen molar-refractivity contribution in [3.8, 4) is 0 Å². The molecule has 1 amide bonds. The Kier molecular flexibility index (Phi) is 4.43. The van der Waals surface area contributed by atoms with E-state index < -0.39 is 0 Å². The summed E-state index contributed by atoms with van der Waals surface area (Å²) in [6, 6.07) is 4.24. The van der Waals surface area contributed by atoms with Gasteiger partial charge in [-0.1, -0.05) is 0 Å². The van der Waals surface area contributed by atoms with Crippen molar-refractivity contribution in [1.82, 2.24) is 19.7 Å². The molecule has 5 rings (SSSR count). The number of rotatable bonds is 4. The molecule has 0 aliphatic carbocycles. The molecule has 0 saturated carbocycles. The number of hydrogen-bond acceptors (Lipinski definition) is 6. The van der Waals surface area contributed by atoms with Crippen LogP contribution in [-0.2, 0) is 0 Å².